The van der Waals surface area contributed by atoms with Gasteiger partial charge in [0.1, 0.15) is 6.10 Å². The molecule has 1 rings (SSSR count). The number of ether oxygens (including phenoxy) is 2. The number of aliphatic hydroxyl groups excluding tert-OH is 1. The fourth-order valence-corrected chi connectivity index (χ4v) is 1.10. The molecule has 1 N–H and O–H groups in total. The van der Waals surface area contributed by atoms with Gasteiger partial charge in [0.2, 0.25) is 5.76 Å². The van der Waals surface area contributed by atoms with Crippen molar-refractivity contribution in [2.45, 2.75) is 32.3 Å². The van der Waals surface area contributed by atoms with Crippen LogP contribution >= 0.6 is 0 Å². The van der Waals surface area contributed by atoms with Crippen LogP contribution in [0.5, 0.6) is 0 Å². The van der Waals surface area contributed by atoms with Gasteiger partial charge in [0.15, 0.2) is 0 Å². The van der Waals surface area contributed by atoms with Crippen LogP contribution in [0.1, 0.15) is 26.2 Å². The first-order chi connectivity index (χ1) is 6.77. The topological polar surface area (TPSA) is 55.8 Å². The first-order valence-electron chi connectivity index (χ1n) is 4.94. The van der Waals surface area contributed by atoms with Crippen LogP contribution in [0.4, 0.5) is 0 Å². The van der Waals surface area contributed by atoms with Gasteiger partial charge in [-0.3, -0.25) is 0 Å². The summed E-state index contributed by atoms with van der Waals surface area (Å²) in [6.45, 7) is 2.47. The summed E-state index contributed by atoms with van der Waals surface area (Å²) in [6, 6.07) is 0. The van der Waals surface area contributed by atoms with Crippen LogP contribution in [-0.2, 0) is 14.3 Å². The Hall–Kier alpha value is -1.03. The molecule has 80 valence electrons. The maximum absolute atomic E-state index is 11.2. The molecule has 0 radical (unpaired) electrons. The van der Waals surface area contributed by atoms with E-state index in [9.17, 15) is 4.79 Å². The molecular weight excluding hydrogens is 184 g/mol. The first-order valence-corrected chi connectivity index (χ1v) is 4.94. The molecule has 0 aliphatic carbocycles. The van der Waals surface area contributed by atoms with Crippen LogP contribution < -0.4 is 0 Å². The maximum Gasteiger partial charge on any atom is 0.373 e. The van der Waals surface area contributed by atoms with E-state index in [2.05, 4.69) is 0 Å². The Labute approximate surface area is 83.5 Å². The van der Waals surface area contributed by atoms with E-state index in [4.69, 9.17) is 14.6 Å². The van der Waals surface area contributed by atoms with Crippen molar-refractivity contribution in [2.24, 2.45) is 0 Å². The second kappa shape index (κ2) is 5.65. The molecule has 0 aromatic carbocycles. The van der Waals surface area contributed by atoms with E-state index in [1.807, 2.05) is 6.92 Å². The number of rotatable bonds is 6. The highest BCUT2D eigenvalue weighted by Crippen LogP contribution is 2.20. The minimum absolute atomic E-state index is 0.0787. The molecule has 0 bridgehead atoms. The summed E-state index contributed by atoms with van der Waals surface area (Å²) in [5.74, 6) is -0.0755. The van der Waals surface area contributed by atoms with Gasteiger partial charge in [-0.25, -0.2) is 4.79 Å². The van der Waals surface area contributed by atoms with Crippen LogP contribution in [-0.4, -0.2) is 30.4 Å². The molecule has 0 amide bonds. The van der Waals surface area contributed by atoms with Crippen molar-refractivity contribution in [2.75, 3.05) is 13.2 Å². The molecule has 4 nitrogen and oxygen atoms in total. The summed E-state index contributed by atoms with van der Waals surface area (Å²) in [5.41, 5.74) is 0. The standard InChI is InChI=1S/C10H16O4/c1-2-8-7-9(14-8)10(12)13-6-4-3-5-11/h7-8,11H,2-6H2,1H3. The van der Waals surface area contributed by atoms with Crippen LogP contribution in [0.3, 0.4) is 0 Å². The monoisotopic (exact) mass is 200 g/mol. The Morgan fingerprint density at radius 2 is 2.36 bits per heavy atom. The van der Waals surface area contributed by atoms with Crippen LogP contribution in [0.25, 0.3) is 0 Å². The van der Waals surface area contributed by atoms with Gasteiger partial charge in [-0.1, -0.05) is 6.92 Å². The normalized spacial score (nSPS) is 19.3. The van der Waals surface area contributed by atoms with Crippen molar-refractivity contribution in [3.63, 3.8) is 0 Å². The number of hydrogen-bond donors (Lipinski definition) is 1. The summed E-state index contributed by atoms with van der Waals surface area (Å²) in [5, 5.41) is 8.49. The average Bonchev–Trinajstić information content (AvgIpc) is 2.11. The van der Waals surface area contributed by atoms with E-state index in [1.165, 1.54) is 0 Å². The van der Waals surface area contributed by atoms with Crippen molar-refractivity contribution in [1.82, 2.24) is 0 Å². The number of carbonyl (C=O) groups is 1. The zero-order valence-corrected chi connectivity index (χ0v) is 8.36. The zero-order valence-electron chi connectivity index (χ0n) is 8.36. The summed E-state index contributed by atoms with van der Waals surface area (Å²) >= 11 is 0. The van der Waals surface area contributed by atoms with Crippen molar-refractivity contribution >= 4 is 5.97 Å². The van der Waals surface area contributed by atoms with E-state index in [-0.39, 0.29) is 12.7 Å². The molecule has 4 heteroatoms. The Kier molecular flexibility index (Phi) is 4.46. The smallest absolute Gasteiger partial charge is 0.373 e. The fraction of sp³-hybridized carbons (Fsp3) is 0.700. The average molecular weight is 200 g/mol. The molecule has 1 atom stereocenters. The molecule has 0 aromatic rings. The highest BCUT2D eigenvalue weighted by atomic mass is 16.6. The molecule has 14 heavy (non-hydrogen) atoms. The predicted octanol–water partition coefficient (Wildman–Crippen LogP) is 0.995. The lowest BCUT2D eigenvalue weighted by Crippen LogP contribution is -2.26. The third-order valence-corrected chi connectivity index (χ3v) is 2.00. The summed E-state index contributed by atoms with van der Waals surface area (Å²) in [6.07, 6.45) is 4.07. The fourth-order valence-electron chi connectivity index (χ4n) is 1.10. The molecule has 0 spiro atoms. The van der Waals surface area contributed by atoms with Gasteiger partial charge in [-0.2, -0.15) is 0 Å². The largest absolute Gasteiger partial charge is 0.479 e. The van der Waals surface area contributed by atoms with Gasteiger partial charge < -0.3 is 14.6 Å². The van der Waals surface area contributed by atoms with E-state index < -0.39 is 5.97 Å². The van der Waals surface area contributed by atoms with Crippen molar-refractivity contribution in [3.05, 3.63) is 11.8 Å². The number of esters is 1. The first kappa shape index (κ1) is 11.0. The Bertz CT molecular complexity index is 222. The highest BCUT2D eigenvalue weighted by molar-refractivity contribution is 5.87. The number of carbonyl (C=O) groups excluding carboxylic acids is 1. The minimum atomic E-state index is -0.396. The van der Waals surface area contributed by atoms with Crippen molar-refractivity contribution in [1.29, 1.82) is 0 Å². The SMILES string of the molecule is CCC1C=C(C(=O)OCCCCO)O1. The second-order valence-electron chi connectivity index (χ2n) is 3.16. The Morgan fingerprint density at radius 1 is 1.64 bits per heavy atom. The van der Waals surface area contributed by atoms with Crippen LogP contribution in [0.2, 0.25) is 0 Å². The molecule has 1 heterocycles. The molecular formula is C10H16O4. The van der Waals surface area contributed by atoms with E-state index >= 15 is 0 Å². The van der Waals surface area contributed by atoms with Gasteiger partial charge in [0.25, 0.3) is 0 Å². The summed E-state index contributed by atoms with van der Waals surface area (Å²) in [4.78, 5) is 11.2. The third-order valence-electron chi connectivity index (χ3n) is 2.00. The van der Waals surface area contributed by atoms with E-state index in [0.29, 0.717) is 25.2 Å². The Morgan fingerprint density at radius 3 is 2.93 bits per heavy atom. The van der Waals surface area contributed by atoms with Gasteiger partial charge >= 0.3 is 5.97 Å². The summed E-state index contributed by atoms with van der Waals surface area (Å²) in [7, 11) is 0. The van der Waals surface area contributed by atoms with Gasteiger partial charge in [0, 0.05) is 12.7 Å². The number of unbranched alkanes of at least 4 members (excludes halogenated alkanes) is 1. The molecule has 1 aliphatic rings. The lowest BCUT2D eigenvalue weighted by molar-refractivity contribution is -0.146. The summed E-state index contributed by atoms with van der Waals surface area (Å²) < 4.78 is 10.0. The molecule has 0 saturated heterocycles. The lowest BCUT2D eigenvalue weighted by atomic mass is 10.2. The third kappa shape index (κ3) is 3.03. The Balaban J connectivity index is 2.11. The highest BCUT2D eigenvalue weighted by Gasteiger charge is 2.25. The molecule has 0 aromatic heterocycles. The molecule has 0 saturated carbocycles. The van der Waals surface area contributed by atoms with Crippen molar-refractivity contribution in [3.8, 4) is 0 Å². The van der Waals surface area contributed by atoms with Crippen molar-refractivity contribution < 1.29 is 19.4 Å². The van der Waals surface area contributed by atoms with Gasteiger partial charge in [0.05, 0.1) is 6.61 Å². The number of aliphatic hydroxyl groups is 1. The lowest BCUT2D eigenvalue weighted by Gasteiger charge is -2.24. The predicted molar refractivity (Wildman–Crippen MR) is 50.5 cm³/mol. The number of hydrogen-bond acceptors (Lipinski definition) is 4. The molecule has 0 fully saturated rings. The second-order valence-corrected chi connectivity index (χ2v) is 3.16. The van der Waals surface area contributed by atoms with E-state index in [1.54, 1.807) is 6.08 Å². The molecule has 1 aliphatic heterocycles. The van der Waals surface area contributed by atoms with Crippen LogP contribution in [0, 0.1) is 0 Å². The minimum Gasteiger partial charge on any atom is -0.479 e. The van der Waals surface area contributed by atoms with Gasteiger partial charge in [-0.05, 0) is 19.3 Å². The quantitative estimate of drug-likeness (QED) is 0.513. The maximum atomic E-state index is 11.2. The van der Waals surface area contributed by atoms with Crippen LogP contribution in [0.15, 0.2) is 11.8 Å². The molecule has 1 unspecified atom stereocenters. The van der Waals surface area contributed by atoms with Gasteiger partial charge in [-0.15, -0.1) is 0 Å². The zero-order chi connectivity index (χ0) is 10.4. The van der Waals surface area contributed by atoms with E-state index in [0.717, 1.165) is 6.42 Å².